The Labute approximate surface area is 105 Å². The first-order valence-electron chi connectivity index (χ1n) is 5.84. The van der Waals surface area contributed by atoms with Crippen molar-refractivity contribution in [2.45, 2.75) is 32.0 Å². The van der Waals surface area contributed by atoms with Gasteiger partial charge < -0.3 is 10.4 Å². The molecule has 0 heterocycles. The van der Waals surface area contributed by atoms with Crippen LogP contribution >= 0.6 is 0 Å². The summed E-state index contributed by atoms with van der Waals surface area (Å²) in [7, 11) is 0. The highest BCUT2D eigenvalue weighted by atomic mass is 19.4. The second-order valence-electron chi connectivity index (χ2n) is 4.65. The van der Waals surface area contributed by atoms with Gasteiger partial charge >= 0.3 is 6.18 Å². The zero-order valence-electron chi connectivity index (χ0n) is 10.5. The van der Waals surface area contributed by atoms with Gasteiger partial charge in [0, 0.05) is 13.0 Å². The van der Waals surface area contributed by atoms with Crippen LogP contribution in [0.2, 0.25) is 0 Å². The lowest BCUT2D eigenvalue weighted by Crippen LogP contribution is -2.39. The number of likely N-dealkylation sites (N-methyl/N-ethyl adjacent to an activating group) is 1. The Morgan fingerprint density at radius 3 is 2.50 bits per heavy atom. The van der Waals surface area contributed by atoms with Crippen LogP contribution in [-0.2, 0) is 12.6 Å². The maximum atomic E-state index is 12.5. The molecule has 2 nitrogen and oxygen atoms in total. The van der Waals surface area contributed by atoms with Crippen LogP contribution in [0.15, 0.2) is 24.3 Å². The monoisotopic (exact) mass is 261 g/mol. The van der Waals surface area contributed by atoms with Gasteiger partial charge in [-0.2, -0.15) is 13.2 Å². The molecule has 0 radical (unpaired) electrons. The van der Waals surface area contributed by atoms with Crippen molar-refractivity contribution >= 4 is 0 Å². The van der Waals surface area contributed by atoms with Crippen molar-refractivity contribution < 1.29 is 18.3 Å². The van der Waals surface area contributed by atoms with Crippen molar-refractivity contribution in [3.63, 3.8) is 0 Å². The normalized spacial score (nSPS) is 15.4. The quantitative estimate of drug-likeness (QED) is 0.854. The van der Waals surface area contributed by atoms with Gasteiger partial charge in [0.1, 0.15) is 0 Å². The molecule has 1 rings (SSSR count). The molecule has 1 unspecified atom stereocenters. The fourth-order valence-electron chi connectivity index (χ4n) is 1.75. The second-order valence-corrected chi connectivity index (χ2v) is 4.65. The van der Waals surface area contributed by atoms with Gasteiger partial charge in [-0.3, -0.25) is 0 Å². The molecule has 102 valence electrons. The van der Waals surface area contributed by atoms with E-state index in [4.69, 9.17) is 0 Å². The third-order valence-electron chi connectivity index (χ3n) is 2.60. The summed E-state index contributed by atoms with van der Waals surface area (Å²) in [6.07, 6.45) is -4.16. The lowest BCUT2D eigenvalue weighted by molar-refractivity contribution is -0.137. The summed E-state index contributed by atoms with van der Waals surface area (Å²) in [6.45, 7) is 4.56. The van der Waals surface area contributed by atoms with E-state index in [-0.39, 0.29) is 6.42 Å². The van der Waals surface area contributed by atoms with Crippen molar-refractivity contribution in [3.8, 4) is 0 Å². The van der Waals surface area contributed by atoms with Crippen molar-refractivity contribution in [3.05, 3.63) is 35.4 Å². The molecular weight excluding hydrogens is 243 g/mol. The molecule has 0 bridgehead atoms. The Kier molecular flexibility index (Phi) is 4.76. The Morgan fingerprint density at radius 1 is 1.28 bits per heavy atom. The Hall–Kier alpha value is -1.07. The van der Waals surface area contributed by atoms with Gasteiger partial charge in [0.05, 0.1) is 11.2 Å². The van der Waals surface area contributed by atoms with Crippen LogP contribution in [0.3, 0.4) is 0 Å². The largest absolute Gasteiger partial charge is 0.416 e. The van der Waals surface area contributed by atoms with E-state index >= 15 is 0 Å². The number of halogens is 3. The highest BCUT2D eigenvalue weighted by Gasteiger charge is 2.31. The van der Waals surface area contributed by atoms with Crippen molar-refractivity contribution in [2.75, 3.05) is 13.1 Å². The smallest absolute Gasteiger partial charge is 0.389 e. The molecule has 18 heavy (non-hydrogen) atoms. The lowest BCUT2D eigenvalue weighted by Gasteiger charge is -2.24. The third-order valence-corrected chi connectivity index (χ3v) is 2.60. The van der Waals surface area contributed by atoms with E-state index in [1.54, 1.807) is 13.0 Å². The zero-order chi connectivity index (χ0) is 13.8. The summed E-state index contributed by atoms with van der Waals surface area (Å²) in [6, 6.07) is 5.07. The minimum Gasteiger partial charge on any atom is -0.389 e. The maximum absolute atomic E-state index is 12.5. The lowest BCUT2D eigenvalue weighted by atomic mass is 9.95. The van der Waals surface area contributed by atoms with Crippen LogP contribution in [0.4, 0.5) is 13.2 Å². The first-order chi connectivity index (χ1) is 8.24. The summed E-state index contributed by atoms with van der Waals surface area (Å²) in [5.74, 6) is 0. The molecule has 1 atom stereocenters. The van der Waals surface area contributed by atoms with E-state index in [9.17, 15) is 18.3 Å². The molecule has 2 N–H and O–H groups in total. The van der Waals surface area contributed by atoms with Crippen LogP contribution in [-0.4, -0.2) is 23.8 Å². The molecule has 0 amide bonds. The number of aliphatic hydroxyl groups is 1. The maximum Gasteiger partial charge on any atom is 0.416 e. The summed E-state index contributed by atoms with van der Waals surface area (Å²) >= 11 is 0. The molecule has 0 fully saturated rings. The number of benzene rings is 1. The van der Waals surface area contributed by atoms with Crippen molar-refractivity contribution in [1.29, 1.82) is 0 Å². The molecule has 0 aromatic heterocycles. The number of hydrogen-bond donors (Lipinski definition) is 2. The Balaban J connectivity index is 2.79. The predicted octanol–water partition coefficient (Wildman–Crippen LogP) is 2.61. The average Bonchev–Trinajstić information content (AvgIpc) is 2.25. The molecular formula is C13H18F3NO. The highest BCUT2D eigenvalue weighted by molar-refractivity contribution is 5.26. The summed E-state index contributed by atoms with van der Waals surface area (Å²) in [5.41, 5.74) is -1.26. The van der Waals surface area contributed by atoms with Gasteiger partial charge in [-0.05, 0) is 25.1 Å². The number of rotatable bonds is 5. The first kappa shape index (κ1) is 15.0. The van der Waals surface area contributed by atoms with E-state index in [2.05, 4.69) is 5.32 Å². The topological polar surface area (TPSA) is 32.3 Å². The average molecular weight is 261 g/mol. The van der Waals surface area contributed by atoms with Gasteiger partial charge in [0.15, 0.2) is 0 Å². The first-order valence-corrected chi connectivity index (χ1v) is 5.84. The molecule has 0 aliphatic rings. The van der Waals surface area contributed by atoms with Crippen LogP contribution < -0.4 is 5.32 Å². The van der Waals surface area contributed by atoms with Gasteiger partial charge in [0.25, 0.3) is 0 Å². The predicted molar refractivity (Wildman–Crippen MR) is 64.3 cm³/mol. The zero-order valence-corrected chi connectivity index (χ0v) is 10.5. The molecule has 0 spiro atoms. The minimum absolute atomic E-state index is 0.184. The molecule has 1 aromatic rings. The van der Waals surface area contributed by atoms with Crippen LogP contribution in [0.5, 0.6) is 0 Å². The van der Waals surface area contributed by atoms with E-state index < -0.39 is 17.3 Å². The van der Waals surface area contributed by atoms with Gasteiger partial charge in [-0.1, -0.05) is 25.1 Å². The van der Waals surface area contributed by atoms with E-state index in [1.165, 1.54) is 6.07 Å². The Morgan fingerprint density at radius 2 is 1.94 bits per heavy atom. The van der Waals surface area contributed by atoms with E-state index in [1.807, 2.05) is 6.92 Å². The molecule has 0 saturated heterocycles. The van der Waals surface area contributed by atoms with Gasteiger partial charge in [-0.25, -0.2) is 0 Å². The number of alkyl halides is 3. The molecule has 0 aliphatic carbocycles. The molecule has 0 aliphatic heterocycles. The van der Waals surface area contributed by atoms with Crippen LogP contribution in [0.1, 0.15) is 25.0 Å². The SMILES string of the molecule is CCNCC(C)(O)Cc1cccc(C(F)(F)F)c1. The summed E-state index contributed by atoms with van der Waals surface area (Å²) in [5, 5.41) is 13.0. The van der Waals surface area contributed by atoms with Crippen LogP contribution in [0.25, 0.3) is 0 Å². The second kappa shape index (κ2) is 5.71. The number of nitrogens with one attached hydrogen (secondary N) is 1. The number of hydrogen-bond acceptors (Lipinski definition) is 2. The molecule has 0 saturated carbocycles. The summed E-state index contributed by atoms with van der Waals surface area (Å²) in [4.78, 5) is 0. The van der Waals surface area contributed by atoms with Crippen molar-refractivity contribution in [1.82, 2.24) is 5.32 Å². The summed E-state index contributed by atoms with van der Waals surface area (Å²) < 4.78 is 37.6. The Bertz CT molecular complexity index is 388. The third kappa shape index (κ3) is 4.66. The highest BCUT2D eigenvalue weighted by Crippen LogP contribution is 2.30. The fourth-order valence-corrected chi connectivity index (χ4v) is 1.75. The standard InChI is InChI=1S/C13H18F3NO/c1-3-17-9-12(2,18)8-10-5-4-6-11(7-10)13(14,15)16/h4-7,17-18H,3,8-9H2,1-2H3. The molecule has 1 aromatic carbocycles. The minimum atomic E-state index is -4.34. The molecule has 5 heteroatoms. The van der Waals surface area contributed by atoms with Crippen LogP contribution in [0, 0.1) is 0 Å². The van der Waals surface area contributed by atoms with Gasteiger partial charge in [-0.15, -0.1) is 0 Å². The van der Waals surface area contributed by atoms with Crippen molar-refractivity contribution in [2.24, 2.45) is 0 Å². The van der Waals surface area contributed by atoms with Gasteiger partial charge in [0.2, 0.25) is 0 Å². The fraction of sp³-hybridized carbons (Fsp3) is 0.538. The van der Waals surface area contributed by atoms with E-state index in [0.29, 0.717) is 18.7 Å². The van der Waals surface area contributed by atoms with E-state index in [0.717, 1.165) is 12.1 Å².